The van der Waals surface area contributed by atoms with Crippen molar-refractivity contribution in [2.45, 2.75) is 11.8 Å². The van der Waals surface area contributed by atoms with Crippen LogP contribution in [0.4, 0.5) is 0 Å². The highest BCUT2D eigenvalue weighted by atomic mass is 32.2. The van der Waals surface area contributed by atoms with Gasteiger partial charge in [0.05, 0.1) is 25.5 Å². The Bertz CT molecular complexity index is 500. The molecule has 0 aromatic heterocycles. The Labute approximate surface area is 136 Å². The SMILES string of the molecule is COc1cccc(OC)c1C1SCC(=O)N1CCCN(C)C. The van der Waals surface area contributed by atoms with E-state index in [0.29, 0.717) is 5.75 Å². The number of rotatable bonds is 7. The van der Waals surface area contributed by atoms with E-state index in [2.05, 4.69) is 4.90 Å². The van der Waals surface area contributed by atoms with Crippen LogP contribution in [0.25, 0.3) is 0 Å². The molecule has 1 aromatic rings. The van der Waals surface area contributed by atoms with Crippen LogP contribution in [0.3, 0.4) is 0 Å². The maximum atomic E-state index is 12.2. The summed E-state index contributed by atoms with van der Waals surface area (Å²) in [6.07, 6.45) is 0.952. The minimum Gasteiger partial charge on any atom is -0.496 e. The second-order valence-corrected chi connectivity index (χ2v) is 6.55. The van der Waals surface area contributed by atoms with Crippen molar-refractivity contribution >= 4 is 17.7 Å². The van der Waals surface area contributed by atoms with Gasteiger partial charge in [-0.2, -0.15) is 0 Å². The van der Waals surface area contributed by atoms with Crippen molar-refractivity contribution in [3.8, 4) is 11.5 Å². The number of hydrogen-bond donors (Lipinski definition) is 0. The number of methoxy groups -OCH3 is 2. The lowest BCUT2D eigenvalue weighted by Crippen LogP contribution is -2.31. The summed E-state index contributed by atoms with van der Waals surface area (Å²) < 4.78 is 11.0. The van der Waals surface area contributed by atoms with E-state index in [-0.39, 0.29) is 11.3 Å². The van der Waals surface area contributed by atoms with Gasteiger partial charge < -0.3 is 19.3 Å². The Kier molecular flexibility index (Phi) is 5.97. The smallest absolute Gasteiger partial charge is 0.233 e. The van der Waals surface area contributed by atoms with Crippen LogP contribution < -0.4 is 9.47 Å². The van der Waals surface area contributed by atoms with Gasteiger partial charge in [0.25, 0.3) is 0 Å². The fourth-order valence-corrected chi connectivity index (χ4v) is 3.88. The average molecular weight is 324 g/mol. The quantitative estimate of drug-likeness (QED) is 0.769. The topological polar surface area (TPSA) is 42.0 Å². The molecule has 0 saturated carbocycles. The first-order chi connectivity index (χ1) is 10.6. The number of carbonyl (C=O) groups is 1. The second-order valence-electron chi connectivity index (χ2n) is 5.48. The number of amides is 1. The van der Waals surface area contributed by atoms with E-state index in [1.165, 1.54) is 0 Å². The third-order valence-corrected chi connectivity index (χ3v) is 4.90. The number of hydrogen-bond acceptors (Lipinski definition) is 5. The molecule has 6 heteroatoms. The van der Waals surface area contributed by atoms with Gasteiger partial charge in [-0.05, 0) is 39.2 Å². The zero-order chi connectivity index (χ0) is 16.1. The zero-order valence-electron chi connectivity index (χ0n) is 13.7. The molecule has 1 aliphatic rings. The van der Waals surface area contributed by atoms with Gasteiger partial charge in [0, 0.05) is 6.54 Å². The van der Waals surface area contributed by atoms with Crippen LogP contribution in [0.2, 0.25) is 0 Å². The summed E-state index contributed by atoms with van der Waals surface area (Å²) in [5.41, 5.74) is 0.952. The van der Waals surface area contributed by atoms with Crippen LogP contribution >= 0.6 is 11.8 Å². The Hall–Kier alpha value is -1.40. The molecule has 122 valence electrons. The van der Waals surface area contributed by atoms with Crippen molar-refractivity contribution in [1.82, 2.24) is 9.80 Å². The molecule has 1 saturated heterocycles. The monoisotopic (exact) mass is 324 g/mol. The fourth-order valence-electron chi connectivity index (χ4n) is 2.62. The molecular formula is C16H24N2O3S. The summed E-state index contributed by atoms with van der Waals surface area (Å²) in [6.45, 7) is 1.71. The summed E-state index contributed by atoms with van der Waals surface area (Å²) in [5, 5.41) is -0.0410. The number of nitrogens with zero attached hydrogens (tertiary/aromatic N) is 2. The van der Waals surface area contributed by atoms with Crippen molar-refractivity contribution in [3.05, 3.63) is 23.8 Å². The summed E-state index contributed by atoms with van der Waals surface area (Å²) in [7, 11) is 7.38. The van der Waals surface area contributed by atoms with E-state index in [4.69, 9.17) is 9.47 Å². The lowest BCUT2D eigenvalue weighted by Gasteiger charge is -2.27. The molecule has 1 unspecified atom stereocenters. The molecule has 0 spiro atoms. The number of thioether (sulfide) groups is 1. The molecule has 22 heavy (non-hydrogen) atoms. The molecule has 2 rings (SSSR count). The van der Waals surface area contributed by atoms with Gasteiger partial charge in [-0.25, -0.2) is 0 Å². The minimum atomic E-state index is -0.0410. The zero-order valence-corrected chi connectivity index (χ0v) is 14.5. The summed E-state index contributed by atoms with van der Waals surface area (Å²) in [4.78, 5) is 16.3. The van der Waals surface area contributed by atoms with E-state index in [9.17, 15) is 4.79 Å². The molecule has 1 fully saturated rings. The van der Waals surface area contributed by atoms with Gasteiger partial charge >= 0.3 is 0 Å². The summed E-state index contributed by atoms with van der Waals surface area (Å²) in [5.74, 6) is 2.23. The van der Waals surface area contributed by atoms with Crippen LogP contribution in [-0.2, 0) is 4.79 Å². The molecule has 5 nitrogen and oxygen atoms in total. The number of carbonyl (C=O) groups excluding carboxylic acids is 1. The molecule has 0 radical (unpaired) electrons. The number of ether oxygens (including phenoxy) is 2. The van der Waals surface area contributed by atoms with Gasteiger partial charge in [0.2, 0.25) is 5.91 Å². The molecule has 0 N–H and O–H groups in total. The summed E-state index contributed by atoms with van der Waals surface area (Å²) in [6, 6.07) is 5.73. The molecule has 1 atom stereocenters. The molecule has 1 aromatic carbocycles. The van der Waals surface area contributed by atoms with Gasteiger partial charge in [0.15, 0.2) is 0 Å². The number of benzene rings is 1. The maximum absolute atomic E-state index is 12.2. The predicted molar refractivity (Wildman–Crippen MR) is 89.6 cm³/mol. The molecule has 1 aliphatic heterocycles. The first-order valence-corrected chi connectivity index (χ1v) is 8.40. The van der Waals surface area contributed by atoms with Crippen LogP contribution in [-0.4, -0.2) is 62.9 Å². The largest absolute Gasteiger partial charge is 0.496 e. The lowest BCUT2D eigenvalue weighted by atomic mass is 10.1. The normalized spacial score (nSPS) is 18.1. The lowest BCUT2D eigenvalue weighted by molar-refractivity contribution is -0.128. The van der Waals surface area contributed by atoms with E-state index in [0.717, 1.165) is 36.6 Å². The highest BCUT2D eigenvalue weighted by Crippen LogP contribution is 2.46. The van der Waals surface area contributed by atoms with Crippen LogP contribution in [0.15, 0.2) is 18.2 Å². The third kappa shape index (κ3) is 3.67. The van der Waals surface area contributed by atoms with E-state index in [1.807, 2.05) is 37.2 Å². The van der Waals surface area contributed by atoms with E-state index in [1.54, 1.807) is 26.0 Å². The van der Waals surface area contributed by atoms with Gasteiger partial charge in [-0.15, -0.1) is 11.8 Å². The van der Waals surface area contributed by atoms with Crippen LogP contribution in [0.1, 0.15) is 17.4 Å². The molecule has 1 heterocycles. The van der Waals surface area contributed by atoms with Crippen molar-refractivity contribution in [2.24, 2.45) is 0 Å². The van der Waals surface area contributed by atoms with E-state index >= 15 is 0 Å². The Morgan fingerprint density at radius 1 is 1.27 bits per heavy atom. The predicted octanol–water partition coefficient (Wildman–Crippen LogP) is 2.23. The van der Waals surface area contributed by atoms with Crippen LogP contribution in [0.5, 0.6) is 11.5 Å². The third-order valence-electron chi connectivity index (χ3n) is 3.69. The first kappa shape index (κ1) is 17.0. The first-order valence-electron chi connectivity index (χ1n) is 7.35. The molecule has 1 amide bonds. The fraction of sp³-hybridized carbons (Fsp3) is 0.562. The average Bonchev–Trinajstić information content (AvgIpc) is 2.87. The van der Waals surface area contributed by atoms with Crippen LogP contribution in [0, 0.1) is 0 Å². The maximum Gasteiger partial charge on any atom is 0.233 e. The van der Waals surface area contributed by atoms with Crippen molar-refractivity contribution in [1.29, 1.82) is 0 Å². The van der Waals surface area contributed by atoms with E-state index < -0.39 is 0 Å². The highest BCUT2D eigenvalue weighted by molar-refractivity contribution is 8.00. The van der Waals surface area contributed by atoms with Gasteiger partial charge in [-0.3, -0.25) is 4.79 Å². The standard InChI is InChI=1S/C16H24N2O3S/c1-17(2)9-6-10-18-14(19)11-22-16(18)15-12(20-3)7-5-8-13(15)21-4/h5,7-8,16H,6,9-11H2,1-4H3. The Morgan fingerprint density at radius 2 is 1.91 bits per heavy atom. The molecule has 0 aliphatic carbocycles. The Morgan fingerprint density at radius 3 is 2.45 bits per heavy atom. The minimum absolute atomic E-state index is 0.0410. The summed E-state index contributed by atoms with van der Waals surface area (Å²) >= 11 is 1.63. The Balaban J connectivity index is 2.24. The highest BCUT2D eigenvalue weighted by Gasteiger charge is 2.36. The molecule has 0 bridgehead atoms. The van der Waals surface area contributed by atoms with Crippen molar-refractivity contribution in [3.63, 3.8) is 0 Å². The second kappa shape index (κ2) is 7.74. The van der Waals surface area contributed by atoms with Crippen molar-refractivity contribution in [2.75, 3.05) is 47.2 Å². The van der Waals surface area contributed by atoms with Crippen molar-refractivity contribution < 1.29 is 14.3 Å². The van der Waals surface area contributed by atoms with Gasteiger partial charge in [0.1, 0.15) is 16.9 Å². The molecular weight excluding hydrogens is 300 g/mol. The van der Waals surface area contributed by atoms with Gasteiger partial charge in [-0.1, -0.05) is 6.07 Å².